The summed E-state index contributed by atoms with van der Waals surface area (Å²) in [5, 5.41) is 16.8. The number of nitrogens with zero attached hydrogens (tertiary/aromatic N) is 2. The van der Waals surface area contributed by atoms with Crippen LogP contribution in [-0.4, -0.2) is 26.2 Å². The van der Waals surface area contributed by atoms with Crippen LogP contribution in [0.15, 0.2) is 30.3 Å². The summed E-state index contributed by atoms with van der Waals surface area (Å²) >= 11 is 0. The number of aliphatic hydroxyl groups is 1. The van der Waals surface area contributed by atoms with E-state index in [4.69, 9.17) is 0 Å². The molecule has 0 saturated carbocycles. The standard InChI is InChI=1S/C12H11F3N4O2/c13-12(14,15)10-17-11(19-18-10)16-9(21)6-8(20)7-4-2-1-3-5-7/h1-5,8,20H,6H2,(H2,16,17,18,19,21). The number of nitrogens with one attached hydrogen (secondary N) is 2. The maximum Gasteiger partial charge on any atom is 0.451 e. The zero-order chi connectivity index (χ0) is 15.5. The quantitative estimate of drug-likeness (QED) is 0.804. The molecule has 1 heterocycles. The van der Waals surface area contributed by atoms with Crippen LogP contribution in [0.25, 0.3) is 0 Å². The summed E-state index contributed by atoms with van der Waals surface area (Å²) in [4.78, 5) is 14.7. The van der Waals surface area contributed by atoms with Crippen molar-refractivity contribution in [1.82, 2.24) is 15.2 Å². The third-order valence-electron chi connectivity index (χ3n) is 2.57. The van der Waals surface area contributed by atoms with E-state index in [1.165, 1.54) is 0 Å². The number of hydrogen-bond donors (Lipinski definition) is 3. The van der Waals surface area contributed by atoms with Gasteiger partial charge in [-0.15, -0.1) is 5.10 Å². The maximum atomic E-state index is 12.3. The Kier molecular flexibility index (Phi) is 4.22. The van der Waals surface area contributed by atoms with Crippen LogP contribution < -0.4 is 5.32 Å². The van der Waals surface area contributed by atoms with Crippen LogP contribution in [0, 0.1) is 0 Å². The smallest absolute Gasteiger partial charge is 0.388 e. The van der Waals surface area contributed by atoms with Crippen LogP contribution in [0.1, 0.15) is 23.9 Å². The Morgan fingerprint density at radius 3 is 2.57 bits per heavy atom. The van der Waals surface area contributed by atoms with Gasteiger partial charge in [-0.2, -0.15) is 18.2 Å². The van der Waals surface area contributed by atoms with Crippen molar-refractivity contribution in [1.29, 1.82) is 0 Å². The monoisotopic (exact) mass is 300 g/mol. The highest BCUT2D eigenvalue weighted by molar-refractivity contribution is 5.89. The Labute approximate surface area is 117 Å². The Morgan fingerprint density at radius 2 is 2.00 bits per heavy atom. The first-order valence-corrected chi connectivity index (χ1v) is 5.88. The molecule has 1 atom stereocenters. The average molecular weight is 300 g/mol. The number of alkyl halides is 3. The van der Waals surface area contributed by atoms with Gasteiger partial charge in [0.25, 0.3) is 0 Å². The molecular formula is C12H11F3N4O2. The second kappa shape index (κ2) is 5.92. The molecule has 3 N–H and O–H groups in total. The van der Waals surface area contributed by atoms with E-state index in [-0.39, 0.29) is 6.42 Å². The fourth-order valence-corrected chi connectivity index (χ4v) is 1.59. The molecule has 1 unspecified atom stereocenters. The molecule has 9 heteroatoms. The fourth-order valence-electron chi connectivity index (χ4n) is 1.59. The van der Waals surface area contributed by atoms with Crippen molar-refractivity contribution >= 4 is 11.9 Å². The molecule has 21 heavy (non-hydrogen) atoms. The van der Waals surface area contributed by atoms with Crippen LogP contribution in [0.3, 0.4) is 0 Å². The second-order valence-corrected chi connectivity index (χ2v) is 4.18. The van der Waals surface area contributed by atoms with Gasteiger partial charge < -0.3 is 5.11 Å². The van der Waals surface area contributed by atoms with Gasteiger partial charge in [0.05, 0.1) is 12.5 Å². The van der Waals surface area contributed by atoms with Crippen LogP contribution >= 0.6 is 0 Å². The highest BCUT2D eigenvalue weighted by atomic mass is 19.4. The summed E-state index contributed by atoms with van der Waals surface area (Å²) in [6.07, 6.45) is -6.05. The number of carbonyl (C=O) groups excluding carboxylic acids is 1. The van der Waals surface area contributed by atoms with Crippen LogP contribution in [-0.2, 0) is 11.0 Å². The average Bonchev–Trinajstić information content (AvgIpc) is 2.88. The fraction of sp³-hybridized carbons (Fsp3) is 0.250. The molecule has 0 saturated heterocycles. The lowest BCUT2D eigenvalue weighted by Gasteiger charge is -2.09. The highest BCUT2D eigenvalue weighted by Crippen LogP contribution is 2.26. The number of carbonyl (C=O) groups is 1. The van der Waals surface area contributed by atoms with Gasteiger partial charge in [-0.1, -0.05) is 30.3 Å². The summed E-state index contributed by atoms with van der Waals surface area (Å²) in [6, 6.07) is 8.41. The molecule has 0 aliphatic rings. The summed E-state index contributed by atoms with van der Waals surface area (Å²) < 4.78 is 36.9. The summed E-state index contributed by atoms with van der Waals surface area (Å²) in [7, 11) is 0. The van der Waals surface area contributed by atoms with E-state index in [0.717, 1.165) is 0 Å². The first-order valence-electron chi connectivity index (χ1n) is 5.88. The van der Waals surface area contributed by atoms with Crippen molar-refractivity contribution in [3.63, 3.8) is 0 Å². The number of benzene rings is 1. The number of rotatable bonds is 4. The molecule has 0 aliphatic carbocycles. The Hall–Kier alpha value is -2.42. The lowest BCUT2D eigenvalue weighted by Crippen LogP contribution is -2.16. The van der Waals surface area contributed by atoms with E-state index in [1.54, 1.807) is 35.4 Å². The second-order valence-electron chi connectivity index (χ2n) is 4.18. The normalized spacial score (nSPS) is 13.0. The number of anilines is 1. The van der Waals surface area contributed by atoms with E-state index >= 15 is 0 Å². The molecular weight excluding hydrogens is 289 g/mol. The molecule has 0 bridgehead atoms. The predicted octanol–water partition coefficient (Wildman–Crippen LogP) is 1.89. The van der Waals surface area contributed by atoms with Crippen molar-refractivity contribution in [3.05, 3.63) is 41.7 Å². The molecule has 0 spiro atoms. The van der Waals surface area contributed by atoms with Gasteiger partial charge in [0.1, 0.15) is 0 Å². The number of hydrogen-bond acceptors (Lipinski definition) is 4. The SMILES string of the molecule is O=C(CC(O)c1ccccc1)Nc1n[nH]c(C(F)(F)F)n1. The van der Waals surface area contributed by atoms with Crippen LogP contribution in [0.4, 0.5) is 19.1 Å². The predicted molar refractivity (Wildman–Crippen MR) is 66.0 cm³/mol. The van der Waals surface area contributed by atoms with E-state index < -0.39 is 30.0 Å². The van der Waals surface area contributed by atoms with Gasteiger partial charge in [-0.05, 0) is 5.56 Å². The minimum atomic E-state index is -4.67. The third-order valence-corrected chi connectivity index (χ3v) is 2.57. The van der Waals surface area contributed by atoms with Gasteiger partial charge in [0.15, 0.2) is 0 Å². The zero-order valence-corrected chi connectivity index (χ0v) is 10.6. The van der Waals surface area contributed by atoms with Crippen molar-refractivity contribution < 1.29 is 23.1 Å². The van der Waals surface area contributed by atoms with Crippen molar-refractivity contribution in [2.75, 3.05) is 5.32 Å². The molecule has 0 radical (unpaired) electrons. The van der Waals surface area contributed by atoms with Crippen molar-refractivity contribution in [2.24, 2.45) is 0 Å². The number of aliphatic hydroxyl groups excluding tert-OH is 1. The molecule has 6 nitrogen and oxygen atoms in total. The van der Waals surface area contributed by atoms with Gasteiger partial charge in [0.2, 0.25) is 17.7 Å². The topological polar surface area (TPSA) is 90.9 Å². The van der Waals surface area contributed by atoms with Gasteiger partial charge in [-0.25, -0.2) is 0 Å². The van der Waals surface area contributed by atoms with Gasteiger partial charge in [0, 0.05) is 0 Å². The summed E-state index contributed by atoms with van der Waals surface area (Å²) in [5.74, 6) is -2.49. The van der Waals surface area contributed by atoms with Crippen molar-refractivity contribution in [2.45, 2.75) is 18.7 Å². The molecule has 1 aromatic heterocycles. The highest BCUT2D eigenvalue weighted by Gasteiger charge is 2.35. The Balaban J connectivity index is 1.94. The van der Waals surface area contributed by atoms with E-state index in [0.29, 0.717) is 5.56 Å². The van der Waals surface area contributed by atoms with Crippen LogP contribution in [0.5, 0.6) is 0 Å². The number of aromatic amines is 1. The number of amides is 1. The first-order chi connectivity index (χ1) is 9.86. The molecule has 1 amide bonds. The molecule has 112 valence electrons. The summed E-state index contributed by atoms with van der Waals surface area (Å²) in [5.41, 5.74) is 0.526. The lowest BCUT2D eigenvalue weighted by atomic mass is 10.1. The van der Waals surface area contributed by atoms with Gasteiger partial charge >= 0.3 is 6.18 Å². The first kappa shape index (κ1) is 15.0. The largest absolute Gasteiger partial charge is 0.451 e. The molecule has 0 fully saturated rings. The molecule has 1 aromatic carbocycles. The number of H-pyrrole nitrogens is 1. The Bertz CT molecular complexity index is 612. The molecule has 0 aliphatic heterocycles. The molecule has 2 rings (SSSR count). The summed E-state index contributed by atoms with van der Waals surface area (Å²) in [6.45, 7) is 0. The Morgan fingerprint density at radius 1 is 1.33 bits per heavy atom. The zero-order valence-electron chi connectivity index (χ0n) is 10.6. The lowest BCUT2D eigenvalue weighted by molar-refractivity contribution is -0.144. The van der Waals surface area contributed by atoms with E-state index in [2.05, 4.69) is 15.4 Å². The minimum Gasteiger partial charge on any atom is -0.388 e. The minimum absolute atomic E-state index is 0.320. The van der Waals surface area contributed by atoms with Crippen LogP contribution in [0.2, 0.25) is 0 Å². The third kappa shape index (κ3) is 4.02. The van der Waals surface area contributed by atoms with E-state index in [9.17, 15) is 23.1 Å². The number of aromatic nitrogens is 3. The van der Waals surface area contributed by atoms with Gasteiger partial charge in [-0.3, -0.25) is 15.2 Å². The van der Waals surface area contributed by atoms with E-state index in [1.807, 2.05) is 0 Å². The van der Waals surface area contributed by atoms with Crippen molar-refractivity contribution in [3.8, 4) is 0 Å². The maximum absolute atomic E-state index is 12.3. The number of halogens is 3. The molecule has 2 aromatic rings.